The first kappa shape index (κ1) is 92.0. The summed E-state index contributed by atoms with van der Waals surface area (Å²) in [5, 5.41) is 60.7. The zero-order chi connectivity index (χ0) is 82.3. The van der Waals surface area contributed by atoms with Crippen LogP contribution in [0.15, 0.2) is 74.4 Å². The Morgan fingerprint density at radius 2 is 0.870 bits per heavy atom. The van der Waals surface area contributed by atoms with E-state index in [2.05, 4.69) is 107 Å². The number of aryl methyl sites for hydroxylation is 4. The van der Waals surface area contributed by atoms with Crippen LogP contribution in [0.2, 0.25) is 15.5 Å². The van der Waals surface area contributed by atoms with Crippen LogP contribution in [0.3, 0.4) is 0 Å². The predicted molar refractivity (Wildman–Crippen MR) is 468 cm³/mol. The van der Waals surface area contributed by atoms with Crippen molar-refractivity contribution < 1.29 is 24.9 Å². The standard InChI is InChI=1S/C25H37N5O2.C21H34N6O.C14H20ClN5.C8H7Cl2N3.C7H15NO.C6H14N2.C3H3ClO/c1-3-19-17-26-30-24(27-20-9-7-8-18(14-20)15-22(32)4-2)16-23(28-25(19)30)29-12-6-5-10-21(29)11-13-31;1-2-15-14-23-27-20(24-17-7-5-6-16(22)12-17)13-19(25-21(15)27)26-10-4-3-8-18(26)9-11-28;1-2-9-8-17-20-13(7-12(15)19-14(9)20)18-11-5-3-4-10(16)6-11;1-2-5-4-11-13-7(10)3-6(9)12-8(5)13;9-6-4-7-3-1-2-5-8-7;7-5-2-1-3-6(8)4-5;1-2-3(4)5/h4,16-18,20-21,27,31H,2-3,5-15H2,1H3;13-14,16-18,24,28H,2-12,22H2,1H3;7-8,10-11,18H,2-6,16H2,1H3;3-4H,2H2,1H3;7-9H,1-6H2;5-6H,1-4,7-8H2;2H,1H2/t18?,20?,21-;16?,17?,18-;;;7-;;/m00..0../s1. The van der Waals surface area contributed by atoms with Crippen molar-refractivity contribution in [1.29, 1.82) is 0 Å². The molecule has 8 unspecified atom stereocenters. The highest BCUT2D eigenvalue weighted by Crippen LogP contribution is 2.35. The van der Waals surface area contributed by atoms with Gasteiger partial charge < -0.3 is 69.3 Å². The first-order valence-corrected chi connectivity index (χ1v) is 44.1. The molecular weight excluding hydrogens is 1540 g/mol. The third-order valence-corrected chi connectivity index (χ3v) is 23.9. The summed E-state index contributed by atoms with van der Waals surface area (Å²) in [6, 6.07) is 11.4. The summed E-state index contributed by atoms with van der Waals surface area (Å²) in [5.41, 5.74) is 31.4. The third kappa shape index (κ3) is 27.3. The van der Waals surface area contributed by atoms with Gasteiger partial charge in [-0.25, -0.2) is 24.5 Å². The molecule has 8 aromatic heterocycles. The van der Waals surface area contributed by atoms with Gasteiger partial charge in [0.25, 0.3) is 0 Å². The van der Waals surface area contributed by atoms with Gasteiger partial charge in [-0.2, -0.15) is 33.9 Å². The number of nitrogens with zero attached hydrogens (tertiary/aromatic N) is 14. The van der Waals surface area contributed by atoms with E-state index in [0.29, 0.717) is 82.7 Å². The maximum atomic E-state index is 11.9. The minimum Gasteiger partial charge on any atom is -0.396 e. The Morgan fingerprint density at radius 3 is 1.27 bits per heavy atom. The molecule has 7 fully saturated rings. The van der Waals surface area contributed by atoms with E-state index >= 15 is 0 Å². The van der Waals surface area contributed by atoms with Gasteiger partial charge in [0, 0.05) is 146 Å². The van der Waals surface area contributed by atoms with Crippen molar-refractivity contribution in [3.8, 4) is 0 Å². The number of carbonyl (C=O) groups excluding carboxylic acids is 2. The molecule has 0 bridgehead atoms. The average Bonchev–Trinajstić information content (AvgIpc) is 1.79. The maximum Gasteiger partial charge on any atom is 0.244 e. The van der Waals surface area contributed by atoms with Crippen LogP contribution in [0.25, 0.3) is 22.6 Å². The van der Waals surface area contributed by atoms with Crippen LogP contribution in [-0.2, 0) is 35.3 Å². The number of aliphatic hydroxyl groups is 3. The number of hydrogen-bond donors (Lipinski definition) is 11. The van der Waals surface area contributed by atoms with E-state index in [1.54, 1.807) is 16.8 Å². The molecule has 115 heavy (non-hydrogen) atoms. The van der Waals surface area contributed by atoms with Crippen LogP contribution < -0.4 is 54.0 Å². The molecule has 4 saturated carbocycles. The van der Waals surface area contributed by atoms with Crippen LogP contribution in [0.4, 0.5) is 29.1 Å². The second kappa shape index (κ2) is 47.7. The molecule has 3 saturated heterocycles. The van der Waals surface area contributed by atoms with Crippen molar-refractivity contribution in [1.82, 2.24) is 63.7 Å². The average molecular weight is 1670 g/mol. The summed E-state index contributed by atoms with van der Waals surface area (Å²) in [6.45, 7) is 19.0. The molecule has 15 rings (SSSR count). The Kier molecular flexibility index (Phi) is 38.1. The van der Waals surface area contributed by atoms with Crippen molar-refractivity contribution in [3.05, 3.63) is 112 Å². The van der Waals surface area contributed by atoms with Gasteiger partial charge in [-0.3, -0.25) is 9.59 Å². The van der Waals surface area contributed by atoms with Crippen LogP contribution in [0.5, 0.6) is 0 Å². The van der Waals surface area contributed by atoms with Crippen LogP contribution in [-0.4, -0.2) is 185 Å². The Bertz CT molecular complexity index is 4290. The molecule has 634 valence electrons. The number of aromatic nitrogens is 12. The van der Waals surface area contributed by atoms with Crippen molar-refractivity contribution in [2.24, 2.45) is 28.9 Å². The number of rotatable bonds is 22. The Morgan fingerprint density at radius 1 is 0.478 bits per heavy atom. The van der Waals surface area contributed by atoms with Crippen molar-refractivity contribution in [3.63, 3.8) is 0 Å². The largest absolute Gasteiger partial charge is 0.396 e. The summed E-state index contributed by atoms with van der Waals surface area (Å²) < 4.78 is 7.30. The summed E-state index contributed by atoms with van der Waals surface area (Å²) in [4.78, 5) is 44.7. The number of piperidine rings is 3. The SMILES string of the molecule is C=CC(=O)CC1CCCC(Nc2cc(N3CCCC[C@H]3CCO)nc3c(CC)cnn23)C1.C=CC(=O)Cl.CCc1cnn2c(Cl)cc(Cl)nc12.CCc1cnn2c(NC3CCCC(N)C3)cc(Cl)nc12.CCc1cnn2c(NC3CCCC(N)C3)cc(N3CCCC[C@H]3CCO)nc12.NC1CCCC(N)C1.OCC[C@@H]1CCCCN1. The van der Waals surface area contributed by atoms with Gasteiger partial charge >= 0.3 is 0 Å². The molecule has 8 aromatic rings. The molecule has 0 spiro atoms. The van der Waals surface area contributed by atoms with E-state index in [1.165, 1.54) is 82.3 Å². The van der Waals surface area contributed by atoms with Crippen LogP contribution >= 0.6 is 46.4 Å². The Hall–Kier alpha value is -6.86. The van der Waals surface area contributed by atoms with Crippen LogP contribution in [0, 0.1) is 5.92 Å². The Balaban J connectivity index is 0.000000165. The quantitative estimate of drug-likeness (QED) is 0.0171. The lowest BCUT2D eigenvalue weighted by atomic mass is 9.83. The predicted octanol–water partition coefficient (Wildman–Crippen LogP) is 13.8. The summed E-state index contributed by atoms with van der Waals surface area (Å²) in [7, 11) is 0. The lowest BCUT2D eigenvalue weighted by molar-refractivity contribution is -0.115. The summed E-state index contributed by atoms with van der Waals surface area (Å²) in [6.07, 6.45) is 45.2. The molecule has 0 amide bonds. The van der Waals surface area contributed by atoms with Gasteiger partial charge in [0.2, 0.25) is 5.24 Å². The molecule has 31 heteroatoms. The maximum absolute atomic E-state index is 11.9. The number of anilines is 5. The summed E-state index contributed by atoms with van der Waals surface area (Å²) >= 11 is 22.5. The number of ketones is 1. The molecule has 3 aliphatic heterocycles. The second-order valence-electron chi connectivity index (χ2n) is 31.7. The molecule has 15 N–H and O–H groups in total. The minimum atomic E-state index is -0.509. The number of halogens is 4. The highest BCUT2D eigenvalue weighted by Gasteiger charge is 2.31. The number of nitrogens with one attached hydrogen (secondary N) is 4. The number of fused-ring (bicyclic) bond motifs is 4. The molecule has 0 radical (unpaired) electrons. The van der Waals surface area contributed by atoms with Crippen molar-refractivity contribution in [2.75, 3.05) is 65.2 Å². The highest BCUT2D eigenvalue weighted by molar-refractivity contribution is 6.66. The fourth-order valence-corrected chi connectivity index (χ4v) is 17.6. The zero-order valence-electron chi connectivity index (χ0n) is 68.4. The van der Waals surface area contributed by atoms with Gasteiger partial charge in [-0.05, 0) is 222 Å². The van der Waals surface area contributed by atoms with E-state index in [4.69, 9.17) is 84.4 Å². The first-order chi connectivity index (χ1) is 55.7. The lowest BCUT2D eigenvalue weighted by Crippen LogP contribution is -2.41. The van der Waals surface area contributed by atoms with E-state index < -0.39 is 5.24 Å². The fourth-order valence-electron chi connectivity index (χ4n) is 16.9. The molecule has 7 aliphatic rings. The van der Waals surface area contributed by atoms with E-state index in [1.807, 2.05) is 45.1 Å². The van der Waals surface area contributed by atoms with Crippen molar-refractivity contribution in [2.45, 2.75) is 300 Å². The number of aliphatic hydroxyl groups excluding tert-OH is 3. The number of carbonyl (C=O) groups is 2. The number of nitrogens with two attached hydrogens (primary N) is 4. The monoisotopic (exact) mass is 1670 g/mol. The zero-order valence-corrected chi connectivity index (χ0v) is 71.4. The molecular formula is C84H130Cl4N22O5. The minimum absolute atomic E-state index is 0.143. The van der Waals surface area contributed by atoms with Crippen LogP contribution in [0.1, 0.15) is 236 Å². The van der Waals surface area contributed by atoms with E-state index in [9.17, 15) is 19.8 Å². The molecule has 11 atom stereocenters. The first-order valence-electron chi connectivity index (χ1n) is 42.6. The van der Waals surface area contributed by atoms with Gasteiger partial charge in [0.1, 0.15) is 44.5 Å². The highest BCUT2D eigenvalue weighted by atomic mass is 35.5. The molecule has 11 heterocycles. The van der Waals surface area contributed by atoms with E-state index in [0.717, 1.165) is 229 Å². The second-order valence-corrected chi connectivity index (χ2v) is 33.3. The summed E-state index contributed by atoms with van der Waals surface area (Å²) in [5.74, 6) is 5.41. The van der Waals surface area contributed by atoms with E-state index in [-0.39, 0.29) is 31.1 Å². The third-order valence-electron chi connectivity index (χ3n) is 23.1. The molecule has 0 aromatic carbocycles. The van der Waals surface area contributed by atoms with Gasteiger partial charge in [0.05, 0.1) is 24.8 Å². The Labute approximate surface area is 699 Å². The lowest BCUT2D eigenvalue weighted by Gasteiger charge is -2.37. The number of allylic oxidation sites excluding steroid dienone is 2. The normalized spacial score (nSPS) is 23.5. The molecule has 4 aliphatic carbocycles. The van der Waals surface area contributed by atoms with Gasteiger partial charge in [-0.15, -0.1) is 0 Å². The smallest absolute Gasteiger partial charge is 0.244 e. The fraction of sp³-hybridized carbons (Fsp3) is 0.643. The molecule has 27 nitrogen and oxygen atoms in total. The van der Waals surface area contributed by atoms with Crippen molar-refractivity contribution >= 4 is 109 Å². The topological polar surface area (TPSA) is 374 Å². The van der Waals surface area contributed by atoms with Gasteiger partial charge in [0.15, 0.2) is 28.4 Å². The van der Waals surface area contributed by atoms with Gasteiger partial charge in [-0.1, -0.05) is 94.9 Å². The number of hydrogen-bond acceptors (Lipinski definition) is 23.